The van der Waals surface area contributed by atoms with E-state index in [1.54, 1.807) is 36.4 Å². The molecule has 28 heavy (non-hydrogen) atoms. The highest BCUT2D eigenvalue weighted by atomic mass is 79.9. The number of amides is 1. The molecule has 0 fully saturated rings. The number of anilines is 1. The molecule has 1 amide bonds. The first-order valence-corrected chi connectivity index (χ1v) is 9.82. The minimum absolute atomic E-state index is 0.261. The van der Waals surface area contributed by atoms with Gasteiger partial charge in [0.15, 0.2) is 0 Å². The number of hydrogen-bond acceptors (Lipinski definition) is 3. The zero-order valence-corrected chi connectivity index (χ0v) is 17.8. The smallest absolute Gasteiger partial charge is 0.259 e. The van der Waals surface area contributed by atoms with Gasteiger partial charge in [0, 0.05) is 21.3 Å². The van der Waals surface area contributed by atoms with Crippen LogP contribution in [0.2, 0.25) is 10.0 Å². The molecular formula is C21H16BrCl2NO3. The molecule has 3 aromatic carbocycles. The van der Waals surface area contributed by atoms with Crippen LogP contribution in [-0.2, 0) is 0 Å². The Morgan fingerprint density at radius 3 is 2.46 bits per heavy atom. The van der Waals surface area contributed by atoms with E-state index in [1.807, 2.05) is 18.2 Å². The van der Waals surface area contributed by atoms with Gasteiger partial charge < -0.3 is 15.2 Å². The molecule has 3 rings (SSSR count). The van der Waals surface area contributed by atoms with Crippen LogP contribution in [0.3, 0.4) is 0 Å². The summed E-state index contributed by atoms with van der Waals surface area (Å²) in [5.74, 6) is -0.0649. The quantitative estimate of drug-likeness (QED) is 0.463. The normalized spacial score (nSPS) is 11.8. The zero-order valence-electron chi connectivity index (χ0n) is 14.7. The second-order valence-corrected chi connectivity index (χ2v) is 7.69. The highest BCUT2D eigenvalue weighted by Crippen LogP contribution is 2.35. The third kappa shape index (κ3) is 4.50. The van der Waals surface area contributed by atoms with Crippen molar-refractivity contribution in [1.29, 1.82) is 0 Å². The number of ether oxygens (including phenoxy) is 1. The van der Waals surface area contributed by atoms with Crippen molar-refractivity contribution < 1.29 is 14.6 Å². The van der Waals surface area contributed by atoms with Crippen LogP contribution < -0.4 is 10.1 Å². The van der Waals surface area contributed by atoms with Crippen molar-refractivity contribution in [1.82, 2.24) is 0 Å². The molecule has 0 radical (unpaired) electrons. The van der Waals surface area contributed by atoms with Crippen molar-refractivity contribution in [3.63, 3.8) is 0 Å². The van der Waals surface area contributed by atoms with Gasteiger partial charge in [-0.3, -0.25) is 4.79 Å². The number of carbonyl (C=O) groups excluding carboxylic acids is 1. The Kier molecular flexibility index (Phi) is 6.62. The number of benzene rings is 3. The molecule has 1 unspecified atom stereocenters. The fourth-order valence-corrected chi connectivity index (χ4v) is 3.97. The van der Waals surface area contributed by atoms with Crippen molar-refractivity contribution in [2.45, 2.75) is 6.10 Å². The molecule has 2 N–H and O–H groups in total. The van der Waals surface area contributed by atoms with Crippen molar-refractivity contribution in [2.24, 2.45) is 0 Å². The molecule has 144 valence electrons. The standard InChI is InChI=1S/C21H16BrCl2NO3/c1-28-20-16(10-14(24)11-17(20)22)21(27)25-18-8-7-13(23)9-15(18)19(26)12-5-3-2-4-6-12/h2-11,19,26H,1H3,(H,25,27). The predicted molar refractivity (Wildman–Crippen MR) is 116 cm³/mol. The molecule has 0 aromatic heterocycles. The largest absolute Gasteiger partial charge is 0.495 e. The van der Waals surface area contributed by atoms with Gasteiger partial charge in [0.2, 0.25) is 0 Å². The molecule has 1 atom stereocenters. The second-order valence-electron chi connectivity index (χ2n) is 5.97. The van der Waals surface area contributed by atoms with Crippen LogP contribution >= 0.6 is 39.1 Å². The summed E-state index contributed by atoms with van der Waals surface area (Å²) in [4.78, 5) is 12.9. The summed E-state index contributed by atoms with van der Waals surface area (Å²) in [5.41, 5.74) is 1.86. The van der Waals surface area contributed by atoms with Gasteiger partial charge in [-0.05, 0) is 51.8 Å². The molecule has 4 nitrogen and oxygen atoms in total. The number of nitrogens with one attached hydrogen (secondary N) is 1. The second kappa shape index (κ2) is 8.97. The Labute approximate surface area is 181 Å². The monoisotopic (exact) mass is 479 g/mol. The fraction of sp³-hybridized carbons (Fsp3) is 0.0952. The molecule has 0 aliphatic carbocycles. The van der Waals surface area contributed by atoms with Crippen LogP contribution in [0.25, 0.3) is 0 Å². The Morgan fingerprint density at radius 1 is 1.07 bits per heavy atom. The van der Waals surface area contributed by atoms with Gasteiger partial charge in [0.05, 0.1) is 17.1 Å². The maximum atomic E-state index is 12.9. The molecule has 3 aromatic rings. The molecule has 0 aliphatic heterocycles. The molecule has 7 heteroatoms. The number of carbonyl (C=O) groups is 1. The van der Waals surface area contributed by atoms with Crippen molar-refractivity contribution in [2.75, 3.05) is 12.4 Å². The minimum atomic E-state index is -0.955. The zero-order chi connectivity index (χ0) is 20.3. The molecule has 0 aliphatic rings. The number of rotatable bonds is 5. The molecular weight excluding hydrogens is 465 g/mol. The van der Waals surface area contributed by atoms with E-state index in [4.69, 9.17) is 27.9 Å². The lowest BCUT2D eigenvalue weighted by atomic mass is 9.99. The van der Waals surface area contributed by atoms with E-state index >= 15 is 0 Å². The highest BCUT2D eigenvalue weighted by Gasteiger charge is 2.20. The summed E-state index contributed by atoms with van der Waals surface area (Å²) in [7, 11) is 1.47. The highest BCUT2D eigenvalue weighted by molar-refractivity contribution is 9.10. The third-order valence-corrected chi connectivity index (χ3v) is 5.17. The minimum Gasteiger partial charge on any atom is -0.495 e. The Bertz CT molecular complexity index is 1010. The number of hydrogen-bond donors (Lipinski definition) is 2. The van der Waals surface area contributed by atoms with Crippen molar-refractivity contribution >= 4 is 50.7 Å². The molecule has 0 heterocycles. The maximum absolute atomic E-state index is 12.9. The van der Waals surface area contributed by atoms with Gasteiger partial charge in [-0.1, -0.05) is 53.5 Å². The summed E-state index contributed by atoms with van der Waals surface area (Å²) >= 11 is 15.6. The summed E-state index contributed by atoms with van der Waals surface area (Å²) in [5, 5.41) is 14.5. The van der Waals surface area contributed by atoms with Crippen LogP contribution in [0.15, 0.2) is 65.1 Å². The van der Waals surface area contributed by atoms with E-state index in [9.17, 15) is 9.90 Å². The lowest BCUT2D eigenvalue weighted by molar-refractivity contribution is 0.102. The Balaban J connectivity index is 1.99. The third-order valence-electron chi connectivity index (χ3n) is 4.13. The van der Waals surface area contributed by atoms with E-state index in [0.717, 1.165) is 0 Å². The lowest BCUT2D eigenvalue weighted by Gasteiger charge is -2.18. The van der Waals surface area contributed by atoms with Gasteiger partial charge in [-0.25, -0.2) is 0 Å². The first-order chi connectivity index (χ1) is 13.4. The lowest BCUT2D eigenvalue weighted by Crippen LogP contribution is -2.16. The average Bonchev–Trinajstić information content (AvgIpc) is 2.68. The van der Waals surface area contributed by atoms with Crippen LogP contribution in [-0.4, -0.2) is 18.1 Å². The van der Waals surface area contributed by atoms with Gasteiger partial charge in [0.25, 0.3) is 5.91 Å². The summed E-state index contributed by atoms with van der Waals surface area (Å²) in [6.45, 7) is 0. The first-order valence-electron chi connectivity index (χ1n) is 8.27. The summed E-state index contributed by atoms with van der Waals surface area (Å²) in [6, 6.07) is 17.2. The molecule has 0 spiro atoms. The van der Waals surface area contributed by atoms with Gasteiger partial charge >= 0.3 is 0 Å². The van der Waals surface area contributed by atoms with Crippen LogP contribution in [0.4, 0.5) is 5.69 Å². The van der Waals surface area contributed by atoms with E-state index in [0.29, 0.717) is 37.1 Å². The number of aliphatic hydroxyl groups excluding tert-OH is 1. The average molecular weight is 481 g/mol. The number of aliphatic hydroxyl groups is 1. The van der Waals surface area contributed by atoms with Crippen LogP contribution in [0.5, 0.6) is 5.75 Å². The van der Waals surface area contributed by atoms with E-state index < -0.39 is 12.0 Å². The molecule has 0 saturated heterocycles. The summed E-state index contributed by atoms with van der Waals surface area (Å²) < 4.78 is 5.88. The maximum Gasteiger partial charge on any atom is 0.259 e. The van der Waals surface area contributed by atoms with Crippen LogP contribution in [0, 0.1) is 0 Å². The Hall–Kier alpha value is -2.05. The van der Waals surface area contributed by atoms with Gasteiger partial charge in [0.1, 0.15) is 11.9 Å². The van der Waals surface area contributed by atoms with Gasteiger partial charge in [-0.2, -0.15) is 0 Å². The fourth-order valence-electron chi connectivity index (χ4n) is 2.81. The van der Waals surface area contributed by atoms with Crippen molar-refractivity contribution in [3.8, 4) is 5.75 Å². The van der Waals surface area contributed by atoms with Crippen LogP contribution in [0.1, 0.15) is 27.6 Å². The SMILES string of the molecule is COc1c(Br)cc(Cl)cc1C(=O)Nc1ccc(Cl)cc1C(O)c1ccccc1. The Morgan fingerprint density at radius 2 is 1.79 bits per heavy atom. The summed E-state index contributed by atoms with van der Waals surface area (Å²) in [6.07, 6.45) is -0.955. The van der Waals surface area contributed by atoms with E-state index in [-0.39, 0.29) is 5.56 Å². The van der Waals surface area contributed by atoms with E-state index in [1.165, 1.54) is 13.2 Å². The molecule has 0 saturated carbocycles. The number of halogens is 3. The first kappa shape index (κ1) is 20.7. The topological polar surface area (TPSA) is 58.6 Å². The molecule has 0 bridgehead atoms. The predicted octanol–water partition coefficient (Wildman–Crippen LogP) is 6.10. The number of methoxy groups -OCH3 is 1. The van der Waals surface area contributed by atoms with Gasteiger partial charge in [-0.15, -0.1) is 0 Å². The van der Waals surface area contributed by atoms with E-state index in [2.05, 4.69) is 21.2 Å². The van der Waals surface area contributed by atoms with Crippen molar-refractivity contribution in [3.05, 3.63) is 91.9 Å².